The number of halogens is 3. The number of carbonyl (C=O) groups is 1. The van der Waals surface area contributed by atoms with Crippen LogP contribution in [0.2, 0.25) is 0 Å². The molecule has 1 aliphatic carbocycles. The lowest BCUT2D eigenvalue weighted by Crippen LogP contribution is -2.37. The summed E-state index contributed by atoms with van der Waals surface area (Å²) in [5.74, 6) is 0.851. The van der Waals surface area contributed by atoms with Crippen LogP contribution in [0.4, 0.5) is 19.0 Å². The van der Waals surface area contributed by atoms with E-state index >= 15 is 0 Å². The van der Waals surface area contributed by atoms with Gasteiger partial charge in [-0.15, -0.1) is 13.2 Å². The molecule has 0 radical (unpaired) electrons. The Morgan fingerprint density at radius 3 is 2.81 bits per heavy atom. The summed E-state index contributed by atoms with van der Waals surface area (Å²) in [6.45, 7) is 7.82. The Hall–Kier alpha value is -2.71. The van der Waals surface area contributed by atoms with Crippen molar-refractivity contribution in [3.8, 4) is 5.75 Å². The number of likely N-dealkylation sites (tertiary alicyclic amines) is 1. The number of hydrogen-bond acceptors (Lipinski definition) is 4. The summed E-state index contributed by atoms with van der Waals surface area (Å²) in [6, 6.07) is 4.85. The molecule has 3 heterocycles. The normalized spacial score (nSPS) is 26.1. The standard InChI is InChI=1S/C22H25F3N4O2/c1-13-8-14(4-5-17(13)31-22(23,24)25)21-9-15(21)11-28(12-21)19(30)16-10-27-29-18(16)26-7-6-20(29,2)3/h4-5,8,10,15,26H,6-7,9,11-12H2,1-3H3. The summed E-state index contributed by atoms with van der Waals surface area (Å²) in [4.78, 5) is 15.1. The summed E-state index contributed by atoms with van der Waals surface area (Å²) in [5, 5.41) is 7.77. The van der Waals surface area contributed by atoms with Crippen molar-refractivity contribution in [1.29, 1.82) is 0 Å². The number of amides is 1. The van der Waals surface area contributed by atoms with Crippen molar-refractivity contribution in [2.24, 2.45) is 5.92 Å². The van der Waals surface area contributed by atoms with E-state index in [2.05, 4.69) is 29.0 Å². The number of aromatic nitrogens is 2. The molecule has 2 atom stereocenters. The van der Waals surface area contributed by atoms with Gasteiger partial charge < -0.3 is 15.0 Å². The number of ether oxygens (including phenoxy) is 1. The van der Waals surface area contributed by atoms with Crippen LogP contribution in [0.15, 0.2) is 24.4 Å². The van der Waals surface area contributed by atoms with Gasteiger partial charge in [0, 0.05) is 25.0 Å². The zero-order chi connectivity index (χ0) is 22.2. The number of rotatable bonds is 3. The van der Waals surface area contributed by atoms with E-state index in [1.807, 2.05) is 9.58 Å². The van der Waals surface area contributed by atoms with Crippen molar-refractivity contribution >= 4 is 11.7 Å². The van der Waals surface area contributed by atoms with Crippen molar-refractivity contribution in [3.63, 3.8) is 0 Å². The highest BCUT2D eigenvalue weighted by atomic mass is 19.4. The molecule has 3 aliphatic rings. The minimum absolute atomic E-state index is 0.0493. The number of aryl methyl sites for hydroxylation is 1. The molecule has 1 aromatic carbocycles. The van der Waals surface area contributed by atoms with Gasteiger partial charge in [0.25, 0.3) is 5.91 Å². The summed E-state index contributed by atoms with van der Waals surface area (Å²) < 4.78 is 43.7. The molecule has 1 amide bonds. The number of hydrogen-bond donors (Lipinski definition) is 1. The Morgan fingerprint density at radius 1 is 1.32 bits per heavy atom. The van der Waals surface area contributed by atoms with Crippen molar-refractivity contribution in [2.45, 2.75) is 50.9 Å². The van der Waals surface area contributed by atoms with Crippen LogP contribution in [-0.2, 0) is 11.0 Å². The van der Waals surface area contributed by atoms with Crippen LogP contribution in [0.1, 0.15) is 48.2 Å². The van der Waals surface area contributed by atoms with E-state index in [0.717, 1.165) is 30.8 Å². The van der Waals surface area contributed by atoms with E-state index in [-0.39, 0.29) is 22.6 Å². The molecule has 6 nitrogen and oxygen atoms in total. The second-order valence-electron chi connectivity index (χ2n) is 9.58. The van der Waals surface area contributed by atoms with Gasteiger partial charge >= 0.3 is 6.36 Å². The molecule has 2 fully saturated rings. The lowest BCUT2D eigenvalue weighted by Gasteiger charge is -2.33. The summed E-state index contributed by atoms with van der Waals surface area (Å²) >= 11 is 0. The monoisotopic (exact) mass is 434 g/mol. The van der Waals surface area contributed by atoms with E-state index in [9.17, 15) is 18.0 Å². The van der Waals surface area contributed by atoms with Gasteiger partial charge in [-0.2, -0.15) is 5.10 Å². The average Bonchev–Trinajstić information content (AvgIpc) is 3.03. The molecule has 1 saturated heterocycles. The smallest absolute Gasteiger partial charge is 0.406 e. The van der Waals surface area contributed by atoms with Crippen LogP contribution in [0, 0.1) is 12.8 Å². The molecule has 0 bridgehead atoms. The van der Waals surface area contributed by atoms with Gasteiger partial charge in [-0.3, -0.25) is 4.79 Å². The molecule has 2 aromatic rings. The fourth-order valence-corrected chi connectivity index (χ4v) is 5.18. The van der Waals surface area contributed by atoms with Crippen LogP contribution in [0.25, 0.3) is 0 Å². The molecular formula is C22H25F3N4O2. The van der Waals surface area contributed by atoms with Crippen LogP contribution in [0.5, 0.6) is 5.75 Å². The highest BCUT2D eigenvalue weighted by Crippen LogP contribution is 2.59. The Kier molecular flexibility index (Phi) is 4.17. The van der Waals surface area contributed by atoms with E-state index in [4.69, 9.17) is 0 Å². The second kappa shape index (κ2) is 6.40. The number of nitrogens with one attached hydrogen (secondary N) is 1. The molecule has 1 N–H and O–H groups in total. The van der Waals surface area contributed by atoms with Crippen LogP contribution in [-0.4, -0.2) is 46.6 Å². The van der Waals surface area contributed by atoms with Gasteiger partial charge in [-0.25, -0.2) is 4.68 Å². The predicted octanol–water partition coefficient (Wildman–Crippen LogP) is 4.05. The van der Waals surface area contributed by atoms with Gasteiger partial charge in [-0.05, 0) is 56.7 Å². The molecular weight excluding hydrogens is 409 g/mol. The molecule has 166 valence electrons. The molecule has 9 heteroatoms. The third-order valence-electron chi connectivity index (χ3n) is 7.01. The molecule has 2 unspecified atom stereocenters. The van der Waals surface area contributed by atoms with Gasteiger partial charge in [0.15, 0.2) is 0 Å². The largest absolute Gasteiger partial charge is 0.573 e. The highest BCUT2D eigenvalue weighted by molar-refractivity contribution is 5.99. The lowest BCUT2D eigenvalue weighted by atomic mass is 9.93. The fraction of sp³-hybridized carbons (Fsp3) is 0.545. The van der Waals surface area contributed by atoms with Crippen molar-refractivity contribution in [3.05, 3.63) is 41.1 Å². The molecule has 1 saturated carbocycles. The van der Waals surface area contributed by atoms with Gasteiger partial charge in [0.05, 0.1) is 11.7 Å². The van der Waals surface area contributed by atoms with Crippen LogP contribution in [0.3, 0.4) is 0 Å². The minimum Gasteiger partial charge on any atom is -0.406 e. The van der Waals surface area contributed by atoms with E-state index in [0.29, 0.717) is 30.1 Å². The minimum atomic E-state index is -4.71. The SMILES string of the molecule is Cc1cc(C23CC2CN(C(=O)c2cnn4c2NCCC4(C)C)C3)ccc1OC(F)(F)F. The van der Waals surface area contributed by atoms with Crippen LogP contribution < -0.4 is 10.1 Å². The Balaban J connectivity index is 1.36. The first-order valence-electron chi connectivity index (χ1n) is 10.5. The number of piperidine rings is 1. The van der Waals surface area contributed by atoms with Crippen LogP contribution >= 0.6 is 0 Å². The third kappa shape index (κ3) is 3.25. The molecule has 1 aromatic heterocycles. The lowest BCUT2D eigenvalue weighted by molar-refractivity contribution is -0.274. The van der Waals surface area contributed by atoms with Gasteiger partial charge in [0.2, 0.25) is 0 Å². The summed E-state index contributed by atoms with van der Waals surface area (Å²) in [7, 11) is 0. The van der Waals surface area contributed by atoms with E-state index < -0.39 is 6.36 Å². The van der Waals surface area contributed by atoms with Gasteiger partial charge in [0.1, 0.15) is 17.1 Å². The molecule has 2 aliphatic heterocycles. The van der Waals surface area contributed by atoms with E-state index in [1.165, 1.54) is 6.07 Å². The molecule has 5 rings (SSSR count). The highest BCUT2D eigenvalue weighted by Gasteiger charge is 2.62. The summed E-state index contributed by atoms with van der Waals surface area (Å²) in [6.07, 6.45) is -1.21. The summed E-state index contributed by atoms with van der Waals surface area (Å²) in [5.41, 5.74) is 1.66. The predicted molar refractivity (Wildman–Crippen MR) is 108 cm³/mol. The second-order valence-corrected chi connectivity index (χ2v) is 9.58. The number of benzene rings is 1. The quantitative estimate of drug-likeness (QED) is 0.792. The zero-order valence-corrected chi connectivity index (χ0v) is 17.7. The van der Waals surface area contributed by atoms with Gasteiger partial charge in [-0.1, -0.05) is 12.1 Å². The first-order chi connectivity index (χ1) is 14.5. The van der Waals surface area contributed by atoms with Crippen molar-refractivity contribution in [1.82, 2.24) is 14.7 Å². The number of fused-ring (bicyclic) bond motifs is 2. The first kappa shape index (κ1) is 20.2. The number of nitrogens with zero attached hydrogens (tertiary/aromatic N) is 3. The van der Waals surface area contributed by atoms with Crippen molar-refractivity contribution < 1.29 is 22.7 Å². The first-order valence-corrected chi connectivity index (χ1v) is 10.5. The van der Waals surface area contributed by atoms with Crippen molar-refractivity contribution in [2.75, 3.05) is 25.0 Å². The van der Waals surface area contributed by atoms with E-state index in [1.54, 1.807) is 25.3 Å². The maximum absolute atomic E-state index is 13.3. The third-order valence-corrected chi connectivity index (χ3v) is 7.01. The zero-order valence-electron chi connectivity index (χ0n) is 17.7. The fourth-order valence-electron chi connectivity index (χ4n) is 5.18. The maximum atomic E-state index is 13.3. The molecule has 0 spiro atoms. The Labute approximate surface area is 178 Å². The number of carbonyl (C=O) groups excluding carboxylic acids is 1. The molecule has 31 heavy (non-hydrogen) atoms. The Morgan fingerprint density at radius 2 is 2.10 bits per heavy atom. The number of alkyl halides is 3. The average molecular weight is 434 g/mol. The Bertz CT molecular complexity index is 1060. The topological polar surface area (TPSA) is 59.4 Å². The maximum Gasteiger partial charge on any atom is 0.573 e. The number of anilines is 1.